The fraction of sp³-hybridized carbons (Fsp3) is 0.273. The number of ether oxygens (including phenoxy) is 1. The molecule has 4 heteroatoms. The lowest BCUT2D eigenvalue weighted by molar-refractivity contribution is 0.236. The third kappa shape index (κ3) is 3.84. The van der Waals surface area contributed by atoms with E-state index in [4.69, 9.17) is 16.3 Å². The molecule has 136 valence electrons. The largest absolute Gasteiger partial charge is 0.494 e. The van der Waals surface area contributed by atoms with Crippen molar-refractivity contribution >= 4 is 39.8 Å². The van der Waals surface area contributed by atoms with Gasteiger partial charge in [-0.25, -0.2) is 4.39 Å². The van der Waals surface area contributed by atoms with E-state index in [9.17, 15) is 4.39 Å². The summed E-state index contributed by atoms with van der Waals surface area (Å²) < 4.78 is 19.2. The molecule has 3 rings (SSSR count). The molecule has 1 atom stereocenters. The number of halogens is 3. The van der Waals surface area contributed by atoms with Crippen LogP contribution in [0.5, 0.6) is 0 Å². The lowest BCUT2D eigenvalue weighted by Gasteiger charge is -2.28. The maximum Gasteiger partial charge on any atom is 0.123 e. The fourth-order valence-corrected chi connectivity index (χ4v) is 4.53. The van der Waals surface area contributed by atoms with Crippen LogP contribution in [0.25, 0.3) is 5.57 Å². The maximum absolute atomic E-state index is 13.5. The summed E-state index contributed by atoms with van der Waals surface area (Å²) in [5.41, 5.74) is 5.36. The van der Waals surface area contributed by atoms with Crippen molar-refractivity contribution in [1.82, 2.24) is 0 Å². The van der Waals surface area contributed by atoms with E-state index in [2.05, 4.69) is 36.1 Å². The molecule has 0 amide bonds. The van der Waals surface area contributed by atoms with E-state index in [1.807, 2.05) is 37.3 Å². The molecule has 0 bridgehead atoms. The SMILES string of the molecule is C=C(OCC)C1=C(c2ccc(F)cc2)c2ccc(Cl)cc2CCC1(C)I. The minimum Gasteiger partial charge on any atom is -0.494 e. The highest BCUT2D eigenvalue weighted by Crippen LogP contribution is 2.47. The van der Waals surface area contributed by atoms with Gasteiger partial charge >= 0.3 is 0 Å². The highest BCUT2D eigenvalue weighted by Gasteiger charge is 2.35. The van der Waals surface area contributed by atoms with Crippen molar-refractivity contribution in [3.05, 3.63) is 87.9 Å². The quantitative estimate of drug-likeness (QED) is 0.260. The van der Waals surface area contributed by atoms with Gasteiger partial charge in [0.15, 0.2) is 0 Å². The van der Waals surface area contributed by atoms with E-state index in [-0.39, 0.29) is 9.24 Å². The van der Waals surface area contributed by atoms with Crippen molar-refractivity contribution in [3.63, 3.8) is 0 Å². The van der Waals surface area contributed by atoms with Gasteiger partial charge in [-0.1, -0.05) is 59.0 Å². The van der Waals surface area contributed by atoms with Crippen LogP contribution in [0, 0.1) is 5.82 Å². The van der Waals surface area contributed by atoms with Crippen LogP contribution in [0.2, 0.25) is 5.02 Å². The third-order valence-corrected chi connectivity index (χ3v) is 6.02. The zero-order valence-electron chi connectivity index (χ0n) is 14.9. The van der Waals surface area contributed by atoms with Crippen molar-refractivity contribution in [3.8, 4) is 0 Å². The Bertz CT molecular complexity index is 868. The molecule has 1 aliphatic carbocycles. The van der Waals surface area contributed by atoms with Gasteiger partial charge in [0.1, 0.15) is 11.6 Å². The summed E-state index contributed by atoms with van der Waals surface area (Å²) in [4.78, 5) is 0. The molecule has 0 aliphatic heterocycles. The number of hydrogen-bond donors (Lipinski definition) is 0. The van der Waals surface area contributed by atoms with E-state index in [0.717, 1.165) is 40.1 Å². The summed E-state index contributed by atoms with van der Waals surface area (Å²) in [6.45, 7) is 8.91. The topological polar surface area (TPSA) is 9.23 Å². The number of alkyl halides is 1. The molecule has 0 aromatic heterocycles. The second-order valence-corrected chi connectivity index (χ2v) is 9.43. The molecule has 1 nitrogen and oxygen atoms in total. The average molecular weight is 483 g/mol. The zero-order valence-corrected chi connectivity index (χ0v) is 17.8. The molecule has 0 saturated heterocycles. The van der Waals surface area contributed by atoms with Gasteiger partial charge in [0.05, 0.1) is 6.61 Å². The molecular formula is C22H21ClFIO. The Balaban J connectivity index is 2.35. The Kier molecular flexibility index (Phi) is 5.78. The zero-order chi connectivity index (χ0) is 18.9. The van der Waals surface area contributed by atoms with E-state index in [0.29, 0.717) is 12.4 Å². The maximum atomic E-state index is 13.5. The first-order valence-corrected chi connectivity index (χ1v) is 10.1. The molecule has 1 unspecified atom stereocenters. The predicted octanol–water partition coefficient (Wildman–Crippen LogP) is 6.97. The number of aryl methyl sites for hydroxylation is 1. The van der Waals surface area contributed by atoms with Crippen molar-refractivity contribution in [2.45, 2.75) is 30.1 Å². The molecule has 0 N–H and O–H groups in total. The molecule has 2 aromatic rings. The molecule has 0 spiro atoms. The molecule has 2 aromatic carbocycles. The predicted molar refractivity (Wildman–Crippen MR) is 115 cm³/mol. The first-order chi connectivity index (χ1) is 12.3. The monoisotopic (exact) mass is 482 g/mol. The molecule has 0 fully saturated rings. The Morgan fingerprint density at radius 2 is 1.96 bits per heavy atom. The third-order valence-electron chi connectivity index (χ3n) is 4.70. The van der Waals surface area contributed by atoms with E-state index < -0.39 is 0 Å². The van der Waals surface area contributed by atoms with Gasteiger partial charge in [0.25, 0.3) is 0 Å². The van der Waals surface area contributed by atoms with Gasteiger partial charge in [0, 0.05) is 14.0 Å². The summed E-state index contributed by atoms with van der Waals surface area (Å²) in [6.07, 6.45) is 1.84. The highest BCUT2D eigenvalue weighted by atomic mass is 127. The van der Waals surface area contributed by atoms with Crippen LogP contribution >= 0.6 is 34.2 Å². The lowest BCUT2D eigenvalue weighted by Crippen LogP contribution is -2.22. The Hall–Kier alpha value is -1.33. The van der Waals surface area contributed by atoms with Crippen molar-refractivity contribution in [2.75, 3.05) is 6.61 Å². The van der Waals surface area contributed by atoms with Crippen molar-refractivity contribution < 1.29 is 9.13 Å². The second-order valence-electron chi connectivity index (χ2n) is 6.61. The van der Waals surface area contributed by atoms with Crippen LogP contribution in [0.4, 0.5) is 4.39 Å². The van der Waals surface area contributed by atoms with Crippen LogP contribution in [-0.4, -0.2) is 10.0 Å². The van der Waals surface area contributed by atoms with Crippen LogP contribution in [-0.2, 0) is 11.2 Å². The number of allylic oxidation sites excluding steroid dienone is 1. The van der Waals surface area contributed by atoms with E-state index in [1.54, 1.807) is 0 Å². The molecule has 0 radical (unpaired) electrons. The first kappa shape index (κ1) is 19.4. The first-order valence-electron chi connectivity index (χ1n) is 8.64. The Labute approximate surface area is 173 Å². The molecule has 0 heterocycles. The minimum atomic E-state index is -0.248. The van der Waals surface area contributed by atoms with Crippen LogP contribution < -0.4 is 0 Å². The van der Waals surface area contributed by atoms with Crippen LogP contribution in [0.3, 0.4) is 0 Å². The Morgan fingerprint density at radius 1 is 1.27 bits per heavy atom. The van der Waals surface area contributed by atoms with E-state index in [1.165, 1.54) is 17.7 Å². The summed E-state index contributed by atoms with van der Waals surface area (Å²) in [5, 5.41) is 0.726. The summed E-state index contributed by atoms with van der Waals surface area (Å²) >= 11 is 8.74. The summed E-state index contributed by atoms with van der Waals surface area (Å²) in [6, 6.07) is 12.6. The highest BCUT2D eigenvalue weighted by molar-refractivity contribution is 14.1. The van der Waals surface area contributed by atoms with Crippen LogP contribution in [0.15, 0.2) is 60.4 Å². The van der Waals surface area contributed by atoms with E-state index >= 15 is 0 Å². The van der Waals surface area contributed by atoms with Gasteiger partial charge in [-0.3, -0.25) is 0 Å². The normalized spacial score (nSPS) is 19.7. The lowest BCUT2D eigenvalue weighted by atomic mass is 9.87. The van der Waals surface area contributed by atoms with Gasteiger partial charge in [-0.2, -0.15) is 0 Å². The summed E-state index contributed by atoms with van der Waals surface area (Å²) in [5.74, 6) is 0.424. The van der Waals surface area contributed by atoms with Gasteiger partial charge in [-0.15, -0.1) is 0 Å². The minimum absolute atomic E-state index is 0.167. The molecule has 1 aliphatic rings. The second kappa shape index (κ2) is 7.73. The number of rotatable bonds is 4. The van der Waals surface area contributed by atoms with Gasteiger partial charge in [0.2, 0.25) is 0 Å². The standard InChI is InChI=1S/C22H21ClFIO/c1-4-26-14(2)21-20(15-5-8-18(24)9-6-15)19-10-7-17(23)13-16(19)11-12-22(21,3)25/h5-10,13H,2,4,11-12H2,1,3H3. The summed E-state index contributed by atoms with van der Waals surface area (Å²) in [7, 11) is 0. The number of fused-ring (bicyclic) bond motifs is 1. The van der Waals surface area contributed by atoms with Gasteiger partial charge in [-0.05, 0) is 73.2 Å². The van der Waals surface area contributed by atoms with Crippen molar-refractivity contribution in [2.24, 2.45) is 0 Å². The van der Waals surface area contributed by atoms with Gasteiger partial charge < -0.3 is 4.74 Å². The smallest absolute Gasteiger partial charge is 0.123 e. The fourth-order valence-electron chi connectivity index (χ4n) is 3.50. The average Bonchev–Trinajstić information content (AvgIpc) is 2.70. The number of benzene rings is 2. The molecule has 0 saturated carbocycles. The van der Waals surface area contributed by atoms with Crippen molar-refractivity contribution in [1.29, 1.82) is 0 Å². The molecule has 26 heavy (non-hydrogen) atoms. The Morgan fingerprint density at radius 3 is 2.62 bits per heavy atom. The number of hydrogen-bond acceptors (Lipinski definition) is 1. The molecular weight excluding hydrogens is 462 g/mol. The van der Waals surface area contributed by atoms with Crippen LogP contribution in [0.1, 0.15) is 37.0 Å².